The summed E-state index contributed by atoms with van der Waals surface area (Å²) in [4.78, 5) is 6.43. The van der Waals surface area contributed by atoms with E-state index in [-0.39, 0.29) is 11.9 Å². The lowest BCUT2D eigenvalue weighted by atomic mass is 10.1. The van der Waals surface area contributed by atoms with Crippen LogP contribution in [0.25, 0.3) is 11.6 Å². The molecule has 3 heterocycles. The predicted molar refractivity (Wildman–Crippen MR) is 77.6 cm³/mol. The number of nitrogens with zero attached hydrogens (tertiary/aromatic N) is 4. The van der Waals surface area contributed by atoms with Crippen molar-refractivity contribution in [2.24, 2.45) is 0 Å². The second kappa shape index (κ2) is 6.35. The molecule has 0 N–H and O–H groups in total. The van der Waals surface area contributed by atoms with Crippen molar-refractivity contribution >= 4 is 0 Å². The molecule has 1 aliphatic rings. The quantitative estimate of drug-likeness (QED) is 0.863. The molecule has 1 saturated heterocycles. The van der Waals surface area contributed by atoms with Gasteiger partial charge in [0, 0.05) is 0 Å². The zero-order chi connectivity index (χ0) is 16.4. The first-order valence-electron chi connectivity index (χ1n) is 7.69. The number of rotatable bonds is 3. The minimum atomic E-state index is -4.34. The second-order valence-electron chi connectivity index (χ2n) is 5.89. The van der Waals surface area contributed by atoms with Gasteiger partial charge in [0.15, 0.2) is 5.76 Å². The first-order valence-corrected chi connectivity index (χ1v) is 7.69. The number of halogens is 3. The van der Waals surface area contributed by atoms with Crippen LogP contribution in [0.15, 0.2) is 22.8 Å². The summed E-state index contributed by atoms with van der Waals surface area (Å²) in [5.74, 6) is 0.938. The van der Waals surface area contributed by atoms with Crippen LogP contribution in [-0.4, -0.2) is 39.4 Å². The third-order valence-electron chi connectivity index (χ3n) is 4.09. The topological polar surface area (TPSA) is 47.1 Å². The molecule has 0 saturated carbocycles. The zero-order valence-corrected chi connectivity index (χ0v) is 12.9. The lowest BCUT2D eigenvalue weighted by molar-refractivity contribution is -0.143. The molecule has 1 atom stereocenters. The van der Waals surface area contributed by atoms with Crippen LogP contribution >= 0.6 is 0 Å². The number of furan rings is 1. The van der Waals surface area contributed by atoms with Crippen LogP contribution in [0.3, 0.4) is 0 Å². The molecule has 1 fully saturated rings. The number of alkyl halides is 3. The maximum absolute atomic E-state index is 12.9. The number of hydrogen-bond acceptors (Lipinski definition) is 4. The summed E-state index contributed by atoms with van der Waals surface area (Å²) in [6.07, 6.45) is 1.00. The Balaban J connectivity index is 1.98. The van der Waals surface area contributed by atoms with Gasteiger partial charge in [0.05, 0.1) is 12.3 Å². The van der Waals surface area contributed by atoms with Gasteiger partial charge in [-0.25, -0.2) is 9.67 Å². The Hall–Kier alpha value is -1.83. The van der Waals surface area contributed by atoms with Crippen molar-refractivity contribution in [2.75, 3.05) is 13.6 Å². The second-order valence-corrected chi connectivity index (χ2v) is 5.89. The molecule has 0 radical (unpaired) electrons. The molecule has 0 unspecified atom stereocenters. The Morgan fingerprint density at radius 2 is 2.13 bits per heavy atom. The van der Waals surface area contributed by atoms with Crippen molar-refractivity contribution in [3.8, 4) is 11.6 Å². The van der Waals surface area contributed by atoms with Crippen molar-refractivity contribution in [3.63, 3.8) is 0 Å². The molecule has 0 amide bonds. The minimum Gasteiger partial charge on any atom is -0.461 e. The first kappa shape index (κ1) is 16.0. The minimum absolute atomic E-state index is 0.156. The van der Waals surface area contributed by atoms with Crippen LogP contribution in [-0.2, 0) is 6.54 Å². The SMILES string of the molecule is CN1CCCCC[C@@H]1c1nc(-c2ccco2)nn1CC(F)(F)F. The molecule has 0 aliphatic carbocycles. The Labute approximate surface area is 132 Å². The van der Waals surface area contributed by atoms with E-state index in [1.165, 1.54) is 6.26 Å². The van der Waals surface area contributed by atoms with Gasteiger partial charge in [0.1, 0.15) is 12.4 Å². The Morgan fingerprint density at radius 3 is 2.83 bits per heavy atom. The molecular formula is C15H19F3N4O. The lowest BCUT2D eigenvalue weighted by Crippen LogP contribution is -2.29. The van der Waals surface area contributed by atoms with E-state index in [0.717, 1.165) is 36.9 Å². The average Bonchev–Trinajstić information content (AvgIpc) is 3.06. The Bertz CT molecular complexity index is 636. The average molecular weight is 328 g/mol. The molecule has 5 nitrogen and oxygen atoms in total. The van der Waals surface area contributed by atoms with E-state index in [2.05, 4.69) is 15.0 Å². The van der Waals surface area contributed by atoms with E-state index in [9.17, 15) is 13.2 Å². The molecule has 0 bridgehead atoms. The van der Waals surface area contributed by atoms with Crippen LogP contribution in [0.4, 0.5) is 13.2 Å². The van der Waals surface area contributed by atoms with E-state index >= 15 is 0 Å². The summed E-state index contributed by atoms with van der Waals surface area (Å²) in [5.41, 5.74) is 0. The summed E-state index contributed by atoms with van der Waals surface area (Å²) in [6, 6.07) is 3.15. The fraction of sp³-hybridized carbons (Fsp3) is 0.600. The molecule has 8 heteroatoms. The largest absolute Gasteiger partial charge is 0.461 e. The maximum Gasteiger partial charge on any atom is 0.408 e. The highest BCUT2D eigenvalue weighted by Crippen LogP contribution is 2.31. The van der Waals surface area contributed by atoms with Gasteiger partial charge in [-0.15, -0.1) is 5.10 Å². The molecular weight excluding hydrogens is 309 g/mol. The van der Waals surface area contributed by atoms with E-state index in [0.29, 0.717) is 11.6 Å². The highest BCUT2D eigenvalue weighted by molar-refractivity contribution is 5.45. The maximum atomic E-state index is 12.9. The number of hydrogen-bond donors (Lipinski definition) is 0. The third-order valence-corrected chi connectivity index (χ3v) is 4.09. The summed E-state index contributed by atoms with van der Waals surface area (Å²) in [7, 11) is 1.93. The Morgan fingerprint density at radius 1 is 1.30 bits per heavy atom. The van der Waals surface area contributed by atoms with Crippen LogP contribution in [0.1, 0.15) is 37.5 Å². The fourth-order valence-corrected chi connectivity index (χ4v) is 2.98. The van der Waals surface area contributed by atoms with Gasteiger partial charge in [-0.1, -0.05) is 12.8 Å². The number of likely N-dealkylation sites (tertiary alicyclic amines) is 1. The Kier molecular flexibility index (Phi) is 4.43. The predicted octanol–water partition coefficient (Wildman–Crippen LogP) is 3.65. The standard InChI is InChI=1S/C15H19F3N4O/c1-21-8-4-2-3-6-11(21)14-19-13(12-7-5-9-23-12)20-22(14)10-15(16,17)18/h5,7,9,11H,2-4,6,8,10H2,1H3/t11-/m1/s1. The molecule has 0 spiro atoms. The van der Waals surface area contributed by atoms with Crippen LogP contribution < -0.4 is 0 Å². The van der Waals surface area contributed by atoms with Crippen molar-refractivity contribution in [1.29, 1.82) is 0 Å². The van der Waals surface area contributed by atoms with E-state index in [1.807, 2.05) is 7.05 Å². The summed E-state index contributed by atoms with van der Waals surface area (Å²) >= 11 is 0. The monoisotopic (exact) mass is 328 g/mol. The third kappa shape index (κ3) is 3.74. The van der Waals surface area contributed by atoms with Crippen molar-refractivity contribution in [1.82, 2.24) is 19.7 Å². The van der Waals surface area contributed by atoms with Gasteiger partial charge in [-0.05, 0) is 38.6 Å². The molecule has 2 aromatic heterocycles. The molecule has 2 aromatic rings. The van der Waals surface area contributed by atoms with Gasteiger partial charge in [-0.2, -0.15) is 13.2 Å². The molecule has 0 aromatic carbocycles. The number of aromatic nitrogens is 3. The fourth-order valence-electron chi connectivity index (χ4n) is 2.98. The van der Waals surface area contributed by atoms with E-state index in [4.69, 9.17) is 4.42 Å². The summed E-state index contributed by atoms with van der Waals surface area (Å²) in [6.45, 7) is -0.292. The summed E-state index contributed by atoms with van der Waals surface area (Å²) in [5, 5.41) is 4.04. The van der Waals surface area contributed by atoms with Gasteiger partial charge < -0.3 is 4.42 Å². The van der Waals surface area contributed by atoms with Crippen molar-refractivity contribution in [3.05, 3.63) is 24.2 Å². The van der Waals surface area contributed by atoms with E-state index in [1.54, 1.807) is 12.1 Å². The molecule has 23 heavy (non-hydrogen) atoms. The lowest BCUT2D eigenvalue weighted by Gasteiger charge is -2.25. The van der Waals surface area contributed by atoms with E-state index < -0.39 is 12.7 Å². The van der Waals surface area contributed by atoms with Crippen LogP contribution in [0, 0.1) is 0 Å². The zero-order valence-electron chi connectivity index (χ0n) is 12.9. The first-order chi connectivity index (χ1) is 10.9. The van der Waals surface area contributed by atoms with Crippen molar-refractivity contribution in [2.45, 2.75) is 44.4 Å². The highest BCUT2D eigenvalue weighted by atomic mass is 19.4. The molecule has 1 aliphatic heterocycles. The summed E-state index contributed by atoms with van der Waals surface area (Å²) < 4.78 is 44.9. The van der Waals surface area contributed by atoms with Gasteiger partial charge in [-0.3, -0.25) is 4.90 Å². The van der Waals surface area contributed by atoms with Gasteiger partial charge in [0.2, 0.25) is 5.82 Å². The van der Waals surface area contributed by atoms with Gasteiger partial charge >= 0.3 is 6.18 Å². The van der Waals surface area contributed by atoms with Crippen LogP contribution in [0.5, 0.6) is 0 Å². The van der Waals surface area contributed by atoms with Gasteiger partial charge in [0.25, 0.3) is 0 Å². The normalized spacial score (nSPS) is 20.6. The van der Waals surface area contributed by atoms with Crippen LogP contribution in [0.2, 0.25) is 0 Å². The smallest absolute Gasteiger partial charge is 0.408 e. The molecule has 126 valence electrons. The molecule has 3 rings (SSSR count). The highest BCUT2D eigenvalue weighted by Gasteiger charge is 2.33. The van der Waals surface area contributed by atoms with Crippen molar-refractivity contribution < 1.29 is 17.6 Å².